The molecule has 1 aromatic heterocycles. The van der Waals surface area contributed by atoms with Gasteiger partial charge in [0.05, 0.1) is 6.54 Å². The number of benzene rings is 1. The van der Waals surface area contributed by atoms with E-state index >= 15 is 0 Å². The van der Waals surface area contributed by atoms with Gasteiger partial charge in [-0.05, 0) is 6.92 Å². The lowest BCUT2D eigenvalue weighted by Crippen LogP contribution is -2.49. The summed E-state index contributed by atoms with van der Waals surface area (Å²) in [5.41, 5.74) is 0.992. The van der Waals surface area contributed by atoms with E-state index in [1.54, 1.807) is 0 Å². The highest BCUT2D eigenvalue weighted by Gasteiger charge is 2.20. The van der Waals surface area contributed by atoms with E-state index in [1.165, 1.54) is 0 Å². The first-order valence-electron chi connectivity index (χ1n) is 6.66. The van der Waals surface area contributed by atoms with E-state index in [2.05, 4.69) is 27.3 Å². The minimum atomic E-state index is 0. The van der Waals surface area contributed by atoms with E-state index in [1.807, 2.05) is 30.3 Å². The molecule has 1 fully saturated rings. The average molecular weight is 295 g/mol. The predicted molar refractivity (Wildman–Crippen MR) is 79.7 cm³/mol. The van der Waals surface area contributed by atoms with Crippen LogP contribution >= 0.6 is 12.4 Å². The molecule has 0 saturated carbocycles. The van der Waals surface area contributed by atoms with Gasteiger partial charge in [-0.25, -0.2) is 0 Å². The molecule has 1 aliphatic heterocycles. The Morgan fingerprint density at radius 2 is 2.15 bits per heavy atom. The second-order valence-corrected chi connectivity index (χ2v) is 4.90. The summed E-state index contributed by atoms with van der Waals surface area (Å²) in [4.78, 5) is 6.83. The number of aromatic nitrogens is 2. The normalized spacial score (nSPS) is 19.6. The van der Waals surface area contributed by atoms with Crippen molar-refractivity contribution < 1.29 is 4.52 Å². The average Bonchev–Trinajstić information content (AvgIpc) is 2.91. The monoisotopic (exact) mass is 294 g/mol. The molecule has 0 radical (unpaired) electrons. The molecule has 0 bridgehead atoms. The van der Waals surface area contributed by atoms with Gasteiger partial charge in [-0.15, -0.1) is 12.4 Å². The van der Waals surface area contributed by atoms with Crippen LogP contribution in [0.25, 0.3) is 11.4 Å². The third kappa shape index (κ3) is 3.36. The molecule has 1 aliphatic rings. The van der Waals surface area contributed by atoms with Crippen LogP contribution in [0.15, 0.2) is 34.9 Å². The van der Waals surface area contributed by atoms with Gasteiger partial charge >= 0.3 is 0 Å². The molecule has 1 saturated heterocycles. The Labute approximate surface area is 124 Å². The van der Waals surface area contributed by atoms with Crippen LogP contribution in [-0.2, 0) is 6.54 Å². The van der Waals surface area contributed by atoms with E-state index in [0.29, 0.717) is 17.8 Å². The zero-order valence-electron chi connectivity index (χ0n) is 11.5. The summed E-state index contributed by atoms with van der Waals surface area (Å²) in [6.07, 6.45) is 0. The van der Waals surface area contributed by atoms with Crippen molar-refractivity contribution in [3.63, 3.8) is 0 Å². The Hall–Kier alpha value is -1.43. The SMILES string of the molecule is C[C@H]1CNCCN1Cc1nc(-c2ccccc2)no1.Cl. The quantitative estimate of drug-likeness (QED) is 0.938. The Morgan fingerprint density at radius 1 is 1.35 bits per heavy atom. The summed E-state index contributed by atoms with van der Waals surface area (Å²) < 4.78 is 5.35. The summed E-state index contributed by atoms with van der Waals surface area (Å²) in [7, 11) is 0. The van der Waals surface area contributed by atoms with Gasteiger partial charge < -0.3 is 9.84 Å². The van der Waals surface area contributed by atoms with Crippen LogP contribution < -0.4 is 5.32 Å². The molecule has 1 N–H and O–H groups in total. The van der Waals surface area contributed by atoms with Crippen molar-refractivity contribution in [3.05, 3.63) is 36.2 Å². The molecular formula is C14H19ClN4O. The second kappa shape index (κ2) is 6.83. The third-order valence-electron chi connectivity index (χ3n) is 3.48. The van der Waals surface area contributed by atoms with E-state index in [0.717, 1.165) is 31.7 Å². The van der Waals surface area contributed by atoms with Crippen molar-refractivity contribution in [1.29, 1.82) is 0 Å². The lowest BCUT2D eigenvalue weighted by atomic mass is 10.2. The number of nitrogens with zero attached hydrogens (tertiary/aromatic N) is 3. The zero-order chi connectivity index (χ0) is 13.1. The standard InChI is InChI=1S/C14H18N4O.ClH/c1-11-9-15-7-8-18(11)10-13-16-14(17-19-13)12-5-3-2-4-6-12;/h2-6,11,15H,7-10H2,1H3;1H/t11-;/m0./s1. The van der Waals surface area contributed by atoms with Gasteiger partial charge in [0.25, 0.3) is 0 Å². The van der Waals surface area contributed by atoms with Crippen molar-refractivity contribution in [3.8, 4) is 11.4 Å². The second-order valence-electron chi connectivity index (χ2n) is 4.90. The van der Waals surface area contributed by atoms with Crippen LogP contribution in [0.5, 0.6) is 0 Å². The number of halogens is 1. The third-order valence-corrected chi connectivity index (χ3v) is 3.48. The van der Waals surface area contributed by atoms with E-state index in [4.69, 9.17) is 4.52 Å². The summed E-state index contributed by atoms with van der Waals surface area (Å²) in [6, 6.07) is 10.4. The maximum atomic E-state index is 5.35. The molecule has 5 nitrogen and oxygen atoms in total. The molecule has 0 aliphatic carbocycles. The summed E-state index contributed by atoms with van der Waals surface area (Å²) in [5, 5.41) is 7.42. The van der Waals surface area contributed by atoms with Crippen LogP contribution in [0.4, 0.5) is 0 Å². The zero-order valence-corrected chi connectivity index (χ0v) is 12.3. The fraction of sp³-hybridized carbons (Fsp3) is 0.429. The van der Waals surface area contributed by atoms with Gasteiger partial charge in [0.1, 0.15) is 0 Å². The fourth-order valence-electron chi connectivity index (χ4n) is 2.32. The Kier molecular flexibility index (Phi) is 5.11. The summed E-state index contributed by atoms with van der Waals surface area (Å²) in [5.74, 6) is 1.35. The van der Waals surface area contributed by atoms with Crippen LogP contribution in [-0.4, -0.2) is 40.7 Å². The lowest BCUT2D eigenvalue weighted by molar-refractivity contribution is 0.146. The first-order chi connectivity index (χ1) is 9.33. The van der Waals surface area contributed by atoms with Crippen LogP contribution in [0.1, 0.15) is 12.8 Å². The molecule has 2 aromatic rings. The molecule has 108 valence electrons. The van der Waals surface area contributed by atoms with Crippen molar-refractivity contribution in [2.75, 3.05) is 19.6 Å². The highest BCUT2D eigenvalue weighted by Crippen LogP contribution is 2.16. The number of nitrogens with one attached hydrogen (secondary N) is 1. The Balaban J connectivity index is 0.00000147. The number of hydrogen-bond donors (Lipinski definition) is 1. The van der Waals surface area contributed by atoms with Gasteiger partial charge in [0.15, 0.2) is 0 Å². The molecular weight excluding hydrogens is 276 g/mol. The van der Waals surface area contributed by atoms with Crippen molar-refractivity contribution in [2.24, 2.45) is 0 Å². The van der Waals surface area contributed by atoms with E-state index in [-0.39, 0.29) is 12.4 Å². The first-order valence-corrected chi connectivity index (χ1v) is 6.66. The minimum Gasteiger partial charge on any atom is -0.338 e. The predicted octanol–water partition coefficient (Wildman–Crippen LogP) is 1.95. The molecule has 2 heterocycles. The molecule has 0 amide bonds. The Bertz CT molecular complexity index is 531. The van der Waals surface area contributed by atoms with E-state index in [9.17, 15) is 0 Å². The summed E-state index contributed by atoms with van der Waals surface area (Å²) >= 11 is 0. The molecule has 1 atom stereocenters. The highest BCUT2D eigenvalue weighted by atomic mass is 35.5. The minimum absolute atomic E-state index is 0. The van der Waals surface area contributed by atoms with Gasteiger partial charge in [-0.1, -0.05) is 35.5 Å². The topological polar surface area (TPSA) is 54.2 Å². The molecule has 1 aromatic carbocycles. The van der Waals surface area contributed by atoms with Gasteiger partial charge in [0, 0.05) is 31.2 Å². The number of hydrogen-bond acceptors (Lipinski definition) is 5. The first kappa shape index (κ1) is 15.0. The van der Waals surface area contributed by atoms with Gasteiger partial charge in [0.2, 0.25) is 11.7 Å². The maximum absolute atomic E-state index is 5.35. The van der Waals surface area contributed by atoms with Gasteiger partial charge in [-0.3, -0.25) is 4.90 Å². The van der Waals surface area contributed by atoms with Crippen LogP contribution in [0.3, 0.4) is 0 Å². The maximum Gasteiger partial charge on any atom is 0.241 e. The van der Waals surface area contributed by atoms with Crippen molar-refractivity contribution in [2.45, 2.75) is 19.5 Å². The molecule has 0 spiro atoms. The molecule has 6 heteroatoms. The fourth-order valence-corrected chi connectivity index (χ4v) is 2.32. The van der Waals surface area contributed by atoms with E-state index < -0.39 is 0 Å². The largest absolute Gasteiger partial charge is 0.338 e. The van der Waals surface area contributed by atoms with Crippen LogP contribution in [0, 0.1) is 0 Å². The lowest BCUT2D eigenvalue weighted by Gasteiger charge is -2.32. The highest BCUT2D eigenvalue weighted by molar-refractivity contribution is 5.85. The van der Waals surface area contributed by atoms with Crippen molar-refractivity contribution >= 4 is 12.4 Å². The van der Waals surface area contributed by atoms with Crippen molar-refractivity contribution in [1.82, 2.24) is 20.4 Å². The summed E-state index contributed by atoms with van der Waals surface area (Å²) in [6.45, 7) is 5.98. The smallest absolute Gasteiger partial charge is 0.241 e. The molecule has 0 unspecified atom stereocenters. The van der Waals surface area contributed by atoms with Crippen LogP contribution in [0.2, 0.25) is 0 Å². The number of piperazine rings is 1. The van der Waals surface area contributed by atoms with Gasteiger partial charge in [-0.2, -0.15) is 4.98 Å². The Morgan fingerprint density at radius 3 is 2.90 bits per heavy atom. The molecule has 20 heavy (non-hydrogen) atoms. The number of rotatable bonds is 3. The molecule has 3 rings (SSSR count).